The number of hydrogen-bond acceptors (Lipinski definition) is 5. The van der Waals surface area contributed by atoms with Crippen LogP contribution in [0.3, 0.4) is 0 Å². The van der Waals surface area contributed by atoms with Gasteiger partial charge < -0.3 is 25.1 Å². The molecule has 3 N–H and O–H groups in total. The van der Waals surface area contributed by atoms with E-state index in [1.165, 1.54) is 0 Å². The molecule has 0 saturated carbocycles. The number of anilines is 2. The van der Waals surface area contributed by atoms with E-state index in [9.17, 15) is 4.79 Å². The molecule has 8 heteroatoms. The number of rotatable bonds is 4. The quantitative estimate of drug-likeness (QED) is 0.379. The minimum absolute atomic E-state index is 0.201. The highest BCUT2D eigenvalue weighted by atomic mass is 16.7. The lowest BCUT2D eigenvalue weighted by Gasteiger charge is -2.32. The van der Waals surface area contributed by atoms with Crippen LogP contribution in [-0.2, 0) is 14.1 Å². The molecule has 0 aromatic heterocycles. The minimum Gasteiger partial charge on any atom is -0.405 e. The minimum atomic E-state index is -0.717. The predicted octanol–water partition coefficient (Wildman–Crippen LogP) is 4.84. The highest BCUT2D eigenvalue weighted by molar-refractivity contribution is 6.85. The van der Waals surface area contributed by atoms with E-state index in [1.54, 1.807) is 7.05 Å². The van der Waals surface area contributed by atoms with E-state index < -0.39 is 25.3 Å². The number of benzene rings is 3. The smallest absolute Gasteiger partial charge is 0.405 e. The summed E-state index contributed by atoms with van der Waals surface area (Å²) < 4.78 is 13.0. The number of nitrogens with one attached hydrogen (secondary N) is 3. The first-order valence-corrected chi connectivity index (χ1v) is 12.0. The first-order chi connectivity index (χ1) is 16.6. The number of hydrogen-bond donors (Lipinski definition) is 3. The van der Waals surface area contributed by atoms with Gasteiger partial charge in [0.05, 0.1) is 11.2 Å². The van der Waals surface area contributed by atoms with Crippen molar-refractivity contribution in [2.24, 2.45) is 0 Å². The van der Waals surface area contributed by atoms with E-state index in [4.69, 9.17) is 9.31 Å². The lowest BCUT2D eigenvalue weighted by molar-refractivity contribution is -0.116. The Morgan fingerprint density at radius 3 is 2.00 bits per heavy atom. The van der Waals surface area contributed by atoms with Crippen LogP contribution in [0.2, 0.25) is 0 Å². The monoisotopic (exact) mass is 467 g/mol. The third-order valence-corrected chi connectivity index (χ3v) is 7.37. The summed E-state index contributed by atoms with van der Waals surface area (Å²) in [5.74, 6) is -0.201. The van der Waals surface area contributed by atoms with E-state index in [0.29, 0.717) is 10.9 Å². The van der Waals surface area contributed by atoms with Crippen LogP contribution in [0, 0.1) is 6.92 Å². The fourth-order valence-corrected chi connectivity index (χ4v) is 4.81. The van der Waals surface area contributed by atoms with Gasteiger partial charge in [-0.25, -0.2) is 0 Å². The van der Waals surface area contributed by atoms with Crippen molar-refractivity contribution in [2.45, 2.75) is 45.8 Å². The molecule has 2 heterocycles. The molecule has 1 saturated heterocycles. The van der Waals surface area contributed by atoms with Crippen molar-refractivity contribution in [2.75, 3.05) is 17.5 Å². The Morgan fingerprint density at radius 1 is 0.886 bits per heavy atom. The molecule has 0 aliphatic carbocycles. The summed E-state index contributed by atoms with van der Waals surface area (Å²) in [7, 11) is 0.934. The largest absolute Gasteiger partial charge is 0.495 e. The molecule has 0 radical (unpaired) electrons. The van der Waals surface area contributed by atoms with Gasteiger partial charge in [-0.15, -0.1) is 0 Å². The maximum Gasteiger partial charge on any atom is 0.495 e. The van der Waals surface area contributed by atoms with Crippen LogP contribution in [0.5, 0.6) is 0 Å². The molecule has 2 aliphatic heterocycles. The number of carbonyl (C=O) groups excluding carboxylic acids is 1. The topological polar surface area (TPSA) is 71.6 Å². The van der Waals surface area contributed by atoms with Crippen LogP contribution in [0.25, 0.3) is 16.2 Å². The highest BCUT2D eigenvalue weighted by Crippen LogP contribution is 2.43. The van der Waals surface area contributed by atoms with Gasteiger partial charge >= 0.3 is 14.1 Å². The van der Waals surface area contributed by atoms with E-state index in [-0.39, 0.29) is 5.91 Å². The van der Waals surface area contributed by atoms with Crippen LogP contribution in [0.1, 0.15) is 38.8 Å². The first-order valence-electron chi connectivity index (χ1n) is 12.0. The fourth-order valence-electron chi connectivity index (χ4n) is 4.81. The van der Waals surface area contributed by atoms with E-state index in [1.807, 2.05) is 77.1 Å². The summed E-state index contributed by atoms with van der Waals surface area (Å²) in [4.78, 5) is 13.6. The van der Waals surface area contributed by atoms with Crippen LogP contribution in [-0.4, -0.2) is 38.3 Å². The maximum atomic E-state index is 13.6. The first kappa shape index (κ1) is 23.5. The Hall–Kier alpha value is -3.22. The number of aryl methyl sites for hydroxylation is 1. The summed E-state index contributed by atoms with van der Waals surface area (Å²) >= 11 is 0. The molecule has 1 amide bonds. The molecule has 35 heavy (non-hydrogen) atoms. The Labute approximate surface area is 207 Å². The summed E-state index contributed by atoms with van der Waals surface area (Å²) in [5.41, 5.74) is 4.07. The van der Waals surface area contributed by atoms with Crippen LogP contribution in [0.15, 0.2) is 66.1 Å². The zero-order valence-corrected chi connectivity index (χ0v) is 21.2. The molecule has 6 nitrogen and oxygen atoms in total. The van der Waals surface area contributed by atoms with Crippen molar-refractivity contribution in [3.8, 4) is 0 Å². The molecule has 0 unspecified atom stereocenters. The average molecular weight is 467 g/mol. The van der Waals surface area contributed by atoms with Gasteiger partial charge in [-0.3, -0.25) is 4.79 Å². The van der Waals surface area contributed by atoms with Crippen LogP contribution < -0.4 is 15.8 Å². The Kier molecular flexibility index (Phi) is 5.69. The lowest BCUT2D eigenvalue weighted by atomic mass is 9.56. The van der Waals surface area contributed by atoms with Crippen molar-refractivity contribution in [3.63, 3.8) is 0 Å². The molecular formula is C27H31B2N3O3. The Balaban J connectivity index is 1.71. The second kappa shape index (κ2) is 8.47. The normalized spacial score (nSPS) is 18.6. The number of amides is 1. The summed E-state index contributed by atoms with van der Waals surface area (Å²) in [6.07, 6.45) is 0. The van der Waals surface area contributed by atoms with Gasteiger partial charge in [-0.1, -0.05) is 54.1 Å². The van der Waals surface area contributed by atoms with Crippen molar-refractivity contribution in [1.82, 2.24) is 5.32 Å². The van der Waals surface area contributed by atoms with E-state index in [2.05, 4.69) is 34.0 Å². The summed E-state index contributed by atoms with van der Waals surface area (Å²) in [5, 5.41) is 12.2. The predicted molar refractivity (Wildman–Crippen MR) is 145 cm³/mol. The zero-order chi connectivity index (χ0) is 25.0. The highest BCUT2D eigenvalue weighted by Gasteiger charge is 2.54. The number of carbonyl (C=O) groups is 1. The van der Waals surface area contributed by atoms with Crippen molar-refractivity contribution in [3.05, 3.63) is 77.3 Å². The third kappa shape index (κ3) is 4.01. The molecule has 0 atom stereocenters. The Bertz CT molecular complexity index is 1300. The zero-order valence-electron chi connectivity index (χ0n) is 21.2. The molecule has 3 aromatic rings. The molecule has 0 spiro atoms. The molecule has 178 valence electrons. The Morgan fingerprint density at radius 2 is 1.46 bits per heavy atom. The van der Waals surface area contributed by atoms with Gasteiger partial charge in [0.1, 0.15) is 0 Å². The van der Waals surface area contributed by atoms with Gasteiger partial charge in [-0.2, -0.15) is 0 Å². The van der Waals surface area contributed by atoms with Gasteiger partial charge in [0.25, 0.3) is 0 Å². The van der Waals surface area contributed by atoms with Gasteiger partial charge in [0.2, 0.25) is 5.91 Å². The second-order valence-corrected chi connectivity index (χ2v) is 10.3. The number of likely N-dealkylation sites (N-methyl/N-ethyl adjacent to an activating group) is 1. The van der Waals surface area contributed by atoms with Crippen molar-refractivity contribution >= 4 is 47.6 Å². The maximum absolute atomic E-state index is 13.6. The molecule has 1 fully saturated rings. The molecule has 2 aliphatic rings. The van der Waals surface area contributed by atoms with Gasteiger partial charge in [0.15, 0.2) is 0 Å². The second-order valence-electron chi connectivity index (χ2n) is 10.3. The molecular weight excluding hydrogens is 436 g/mol. The SMILES string of the molecule is CNC(=O)/C(B1Nc2cccc3cccc(c23)N1)=C(\B1OC(C)(C)C(C)(C)O1)c1cccc(C)c1. The van der Waals surface area contributed by atoms with Gasteiger partial charge in [0, 0.05) is 29.3 Å². The van der Waals surface area contributed by atoms with E-state index in [0.717, 1.165) is 33.3 Å². The molecule has 5 rings (SSSR count). The summed E-state index contributed by atoms with van der Waals surface area (Å²) in [6.45, 7) is 9.63. The van der Waals surface area contributed by atoms with Crippen molar-refractivity contribution < 1.29 is 14.1 Å². The van der Waals surface area contributed by atoms with Gasteiger partial charge in [-0.05, 0) is 63.2 Å². The lowest BCUT2D eigenvalue weighted by Crippen LogP contribution is -2.46. The summed E-state index contributed by atoms with van der Waals surface area (Å²) in [6, 6.07) is 20.4. The fraction of sp³-hybridized carbons (Fsp3) is 0.296. The third-order valence-electron chi connectivity index (χ3n) is 7.37. The average Bonchev–Trinajstić information content (AvgIpc) is 3.03. The van der Waals surface area contributed by atoms with Crippen molar-refractivity contribution in [1.29, 1.82) is 0 Å². The standard InChI is InChI=1S/C27H31B2N3O3/c1-17-10-7-13-19(16-17)23(29-34-26(2,3)27(4,5)35-29)24(25(33)30-6)28-31-20-14-8-11-18-12-9-15-21(32-28)22(18)20/h7-16,31-32H,1-6H3,(H,30,33)/b24-23+. The van der Waals surface area contributed by atoms with E-state index >= 15 is 0 Å². The van der Waals surface area contributed by atoms with Crippen LogP contribution >= 0.6 is 0 Å². The van der Waals surface area contributed by atoms with Crippen LogP contribution in [0.4, 0.5) is 11.4 Å². The molecule has 0 bridgehead atoms. The molecule has 3 aromatic carbocycles.